The van der Waals surface area contributed by atoms with Crippen molar-refractivity contribution in [1.82, 2.24) is 4.90 Å². The van der Waals surface area contributed by atoms with E-state index >= 15 is 0 Å². The van der Waals surface area contributed by atoms with Gasteiger partial charge in [0.2, 0.25) is 0 Å². The molecule has 2 aliphatic rings. The van der Waals surface area contributed by atoms with E-state index in [1.807, 2.05) is 24.3 Å². The summed E-state index contributed by atoms with van der Waals surface area (Å²) >= 11 is 3.45. The standard InChI is InChI=1S/C15H20BrNO3/c16-13-3-1-4-14(11-13)18-8-7-17-6-2-5-15(12-17)19-9-10-20-15/h1,3-4,11H,2,5-10,12H2. The number of rotatable bonds is 4. The summed E-state index contributed by atoms with van der Waals surface area (Å²) < 4.78 is 18.4. The van der Waals surface area contributed by atoms with Crippen molar-refractivity contribution in [2.45, 2.75) is 18.6 Å². The number of hydrogen-bond acceptors (Lipinski definition) is 4. The van der Waals surface area contributed by atoms with Crippen molar-refractivity contribution >= 4 is 15.9 Å². The third kappa shape index (κ3) is 3.52. The lowest BCUT2D eigenvalue weighted by Gasteiger charge is -2.38. The number of halogens is 1. The summed E-state index contributed by atoms with van der Waals surface area (Å²) in [6.07, 6.45) is 2.13. The van der Waals surface area contributed by atoms with Gasteiger partial charge in [-0.25, -0.2) is 0 Å². The highest BCUT2D eigenvalue weighted by Crippen LogP contribution is 2.29. The van der Waals surface area contributed by atoms with E-state index in [-0.39, 0.29) is 5.79 Å². The van der Waals surface area contributed by atoms with Crippen molar-refractivity contribution in [2.75, 3.05) is 39.5 Å². The fourth-order valence-corrected chi connectivity index (χ4v) is 3.22. The maximum atomic E-state index is 5.79. The van der Waals surface area contributed by atoms with Crippen LogP contribution in [0.4, 0.5) is 0 Å². The van der Waals surface area contributed by atoms with Crippen molar-refractivity contribution in [1.29, 1.82) is 0 Å². The Balaban J connectivity index is 1.46. The van der Waals surface area contributed by atoms with E-state index in [2.05, 4.69) is 20.8 Å². The molecule has 0 bridgehead atoms. The normalized spacial score (nSPS) is 22.2. The van der Waals surface area contributed by atoms with Crippen LogP contribution in [0.5, 0.6) is 5.75 Å². The fourth-order valence-electron chi connectivity index (χ4n) is 2.84. The van der Waals surface area contributed by atoms with Gasteiger partial charge in [-0.05, 0) is 31.2 Å². The highest BCUT2D eigenvalue weighted by atomic mass is 79.9. The molecular formula is C15H20BrNO3. The maximum Gasteiger partial charge on any atom is 0.181 e. The SMILES string of the molecule is Brc1cccc(OCCN2CCCC3(C2)OCCO3)c1. The zero-order valence-electron chi connectivity index (χ0n) is 11.5. The molecule has 5 heteroatoms. The number of benzene rings is 1. The van der Waals surface area contributed by atoms with E-state index in [9.17, 15) is 0 Å². The van der Waals surface area contributed by atoms with Gasteiger partial charge in [0.25, 0.3) is 0 Å². The second kappa shape index (κ2) is 6.43. The van der Waals surface area contributed by atoms with E-state index in [4.69, 9.17) is 14.2 Å². The minimum absolute atomic E-state index is 0.339. The molecular weight excluding hydrogens is 322 g/mol. The van der Waals surface area contributed by atoms with Gasteiger partial charge in [0.15, 0.2) is 5.79 Å². The molecule has 0 aromatic heterocycles. The van der Waals surface area contributed by atoms with Crippen LogP contribution in [0.15, 0.2) is 28.7 Å². The van der Waals surface area contributed by atoms with E-state index in [1.165, 1.54) is 0 Å². The van der Waals surface area contributed by atoms with Gasteiger partial charge in [-0.3, -0.25) is 4.90 Å². The average Bonchev–Trinajstić information content (AvgIpc) is 2.87. The smallest absolute Gasteiger partial charge is 0.181 e. The predicted octanol–water partition coefficient (Wildman–Crippen LogP) is 2.67. The Bertz CT molecular complexity index is 448. The fraction of sp³-hybridized carbons (Fsp3) is 0.600. The van der Waals surface area contributed by atoms with Crippen LogP contribution < -0.4 is 4.74 Å². The molecule has 2 saturated heterocycles. The van der Waals surface area contributed by atoms with E-state index < -0.39 is 0 Å². The van der Waals surface area contributed by atoms with Crippen LogP contribution in [-0.4, -0.2) is 50.1 Å². The molecule has 20 heavy (non-hydrogen) atoms. The summed E-state index contributed by atoms with van der Waals surface area (Å²) in [5.74, 6) is 0.563. The lowest BCUT2D eigenvalue weighted by Crippen LogP contribution is -2.49. The Morgan fingerprint density at radius 2 is 2.15 bits per heavy atom. The molecule has 0 N–H and O–H groups in total. The van der Waals surface area contributed by atoms with Crippen LogP contribution in [0, 0.1) is 0 Å². The van der Waals surface area contributed by atoms with Crippen LogP contribution in [0.25, 0.3) is 0 Å². The first kappa shape index (κ1) is 14.3. The highest BCUT2D eigenvalue weighted by molar-refractivity contribution is 9.10. The first-order valence-corrected chi connectivity index (χ1v) is 7.94. The van der Waals surface area contributed by atoms with Gasteiger partial charge in [-0.15, -0.1) is 0 Å². The van der Waals surface area contributed by atoms with Gasteiger partial charge in [0.05, 0.1) is 19.8 Å². The van der Waals surface area contributed by atoms with E-state index in [0.29, 0.717) is 6.61 Å². The number of hydrogen-bond donors (Lipinski definition) is 0. The van der Waals surface area contributed by atoms with Crippen molar-refractivity contribution in [3.05, 3.63) is 28.7 Å². The number of ether oxygens (including phenoxy) is 3. The van der Waals surface area contributed by atoms with Gasteiger partial charge in [0.1, 0.15) is 12.4 Å². The van der Waals surface area contributed by atoms with Crippen molar-refractivity contribution < 1.29 is 14.2 Å². The molecule has 0 amide bonds. The monoisotopic (exact) mass is 341 g/mol. The largest absolute Gasteiger partial charge is 0.492 e. The molecule has 3 rings (SSSR count). The molecule has 0 radical (unpaired) electrons. The third-order valence-electron chi connectivity index (χ3n) is 3.78. The zero-order valence-corrected chi connectivity index (χ0v) is 13.1. The maximum absolute atomic E-state index is 5.79. The second-order valence-electron chi connectivity index (χ2n) is 5.29. The quantitative estimate of drug-likeness (QED) is 0.842. The lowest BCUT2D eigenvalue weighted by atomic mass is 10.0. The molecule has 4 nitrogen and oxygen atoms in total. The van der Waals surface area contributed by atoms with Gasteiger partial charge in [-0.2, -0.15) is 0 Å². The Morgan fingerprint density at radius 3 is 2.95 bits per heavy atom. The van der Waals surface area contributed by atoms with Crippen LogP contribution in [0.2, 0.25) is 0 Å². The Morgan fingerprint density at radius 1 is 1.30 bits per heavy atom. The molecule has 2 aliphatic heterocycles. The summed E-state index contributed by atoms with van der Waals surface area (Å²) in [4.78, 5) is 2.37. The van der Waals surface area contributed by atoms with Crippen LogP contribution >= 0.6 is 15.9 Å². The zero-order chi connectivity index (χ0) is 13.8. The minimum atomic E-state index is -0.339. The Labute approximate surface area is 128 Å². The molecule has 0 aliphatic carbocycles. The number of piperidine rings is 1. The molecule has 110 valence electrons. The molecule has 1 aromatic rings. The van der Waals surface area contributed by atoms with Gasteiger partial charge < -0.3 is 14.2 Å². The summed E-state index contributed by atoms with van der Waals surface area (Å²) in [6, 6.07) is 7.94. The van der Waals surface area contributed by atoms with Crippen molar-refractivity contribution in [2.24, 2.45) is 0 Å². The average molecular weight is 342 g/mol. The molecule has 1 aromatic carbocycles. The van der Waals surface area contributed by atoms with Crippen LogP contribution in [0.3, 0.4) is 0 Å². The number of nitrogens with zero attached hydrogens (tertiary/aromatic N) is 1. The first-order valence-electron chi connectivity index (χ1n) is 7.14. The summed E-state index contributed by atoms with van der Waals surface area (Å²) in [5, 5.41) is 0. The third-order valence-corrected chi connectivity index (χ3v) is 4.28. The van der Waals surface area contributed by atoms with E-state index in [1.54, 1.807) is 0 Å². The Hall–Kier alpha value is -0.620. The van der Waals surface area contributed by atoms with Crippen LogP contribution in [0.1, 0.15) is 12.8 Å². The summed E-state index contributed by atoms with van der Waals surface area (Å²) in [5.41, 5.74) is 0. The Kier molecular flexibility index (Phi) is 4.61. The van der Waals surface area contributed by atoms with Crippen molar-refractivity contribution in [3.8, 4) is 5.75 Å². The molecule has 2 fully saturated rings. The topological polar surface area (TPSA) is 30.9 Å². The summed E-state index contributed by atoms with van der Waals surface area (Å²) in [7, 11) is 0. The highest BCUT2D eigenvalue weighted by Gasteiger charge is 2.40. The van der Waals surface area contributed by atoms with Gasteiger partial charge in [-0.1, -0.05) is 22.0 Å². The van der Waals surface area contributed by atoms with Gasteiger partial charge in [0, 0.05) is 17.4 Å². The molecule has 0 saturated carbocycles. The molecule has 0 unspecified atom stereocenters. The minimum Gasteiger partial charge on any atom is -0.492 e. The van der Waals surface area contributed by atoms with Crippen molar-refractivity contribution in [3.63, 3.8) is 0 Å². The van der Waals surface area contributed by atoms with E-state index in [0.717, 1.165) is 55.9 Å². The molecule has 2 heterocycles. The summed E-state index contributed by atoms with van der Waals surface area (Å²) in [6.45, 7) is 4.99. The molecule has 1 spiro atoms. The predicted molar refractivity (Wildman–Crippen MR) is 79.9 cm³/mol. The first-order chi connectivity index (χ1) is 9.76. The van der Waals surface area contributed by atoms with Crippen LogP contribution in [-0.2, 0) is 9.47 Å². The lowest BCUT2D eigenvalue weighted by molar-refractivity contribution is -0.189. The second-order valence-corrected chi connectivity index (χ2v) is 6.21. The number of likely N-dealkylation sites (tertiary alicyclic amines) is 1. The van der Waals surface area contributed by atoms with Gasteiger partial charge >= 0.3 is 0 Å². The molecule has 0 atom stereocenters.